The van der Waals surface area contributed by atoms with Gasteiger partial charge in [-0.1, -0.05) is 24.2 Å². The van der Waals surface area contributed by atoms with Crippen molar-refractivity contribution in [1.82, 2.24) is 9.97 Å². The van der Waals surface area contributed by atoms with E-state index in [0.29, 0.717) is 17.1 Å². The van der Waals surface area contributed by atoms with Gasteiger partial charge in [0.1, 0.15) is 11.4 Å². The third kappa shape index (κ3) is 5.46. The number of fused-ring (bicyclic) bond motifs is 1. The Morgan fingerprint density at radius 2 is 1.88 bits per heavy atom. The number of hydrogen-bond acceptors (Lipinski definition) is 7. The van der Waals surface area contributed by atoms with Crippen molar-refractivity contribution in [2.75, 3.05) is 10.6 Å². The highest BCUT2D eigenvalue weighted by Crippen LogP contribution is 2.33. The molecule has 174 valence electrons. The van der Waals surface area contributed by atoms with Gasteiger partial charge in [0, 0.05) is 47.4 Å². The van der Waals surface area contributed by atoms with Gasteiger partial charge in [0.2, 0.25) is 0 Å². The summed E-state index contributed by atoms with van der Waals surface area (Å²) in [5, 5.41) is 28.2. The second-order valence-corrected chi connectivity index (χ2v) is 7.38. The van der Waals surface area contributed by atoms with Crippen LogP contribution in [0, 0.1) is 16.2 Å². The van der Waals surface area contributed by atoms with Crippen molar-refractivity contribution in [3.63, 3.8) is 0 Å². The van der Waals surface area contributed by atoms with E-state index in [2.05, 4.69) is 27.2 Å². The lowest BCUT2D eigenvalue weighted by molar-refractivity contribution is -0.0906. The van der Waals surface area contributed by atoms with Crippen LogP contribution in [0.1, 0.15) is 12.1 Å². The molecule has 0 spiro atoms. The maximum absolute atomic E-state index is 14.0. The van der Waals surface area contributed by atoms with Gasteiger partial charge in [0.25, 0.3) is 0 Å². The highest BCUT2D eigenvalue weighted by atomic mass is 35.5. The summed E-state index contributed by atoms with van der Waals surface area (Å²) in [4.78, 5) is 8.20. The fourth-order valence-electron chi connectivity index (χ4n) is 3.12. The minimum absolute atomic E-state index is 0.0265. The number of pyridine rings is 2. The Balaban J connectivity index is 1.97. The number of alkyl halides is 3. The normalized spacial score (nSPS) is 12.0. The van der Waals surface area contributed by atoms with E-state index in [1.165, 1.54) is 18.3 Å². The number of aromatic nitrogens is 2. The topological polar surface area (TPSA) is 121 Å². The summed E-state index contributed by atoms with van der Waals surface area (Å²) in [6, 6.07) is 9.38. The largest absolute Gasteiger partial charge is 0.431 e. The number of allylic oxidation sites excluding steroid dienone is 2. The molecule has 34 heavy (non-hydrogen) atoms. The minimum Gasteiger partial charge on any atom is -0.354 e. The lowest BCUT2D eigenvalue weighted by Gasteiger charge is -2.20. The molecular weight excluding hydrogens is 467 g/mol. The summed E-state index contributed by atoms with van der Waals surface area (Å²) >= 11 is 6.15. The summed E-state index contributed by atoms with van der Waals surface area (Å²) < 4.78 is 42.1. The second kappa shape index (κ2) is 10.3. The molecule has 3 aromatic rings. The van der Waals surface area contributed by atoms with Crippen LogP contribution < -0.4 is 10.6 Å². The maximum Gasteiger partial charge on any atom is 0.431 e. The first-order chi connectivity index (χ1) is 16.2. The molecule has 0 saturated heterocycles. The molecule has 0 unspecified atom stereocenters. The van der Waals surface area contributed by atoms with Crippen LogP contribution in [0.25, 0.3) is 10.9 Å². The number of halogens is 4. The summed E-state index contributed by atoms with van der Waals surface area (Å²) in [6.45, 7) is 3.66. The summed E-state index contributed by atoms with van der Waals surface area (Å²) in [7, 11) is 0. The van der Waals surface area contributed by atoms with Crippen LogP contribution in [-0.2, 0) is 0 Å². The zero-order chi connectivity index (χ0) is 24.9. The van der Waals surface area contributed by atoms with Gasteiger partial charge in [-0.05, 0) is 30.3 Å². The average molecular weight is 486 g/mol. The molecule has 7 nitrogen and oxygen atoms in total. The van der Waals surface area contributed by atoms with Crippen molar-refractivity contribution in [3.05, 3.63) is 83.1 Å². The molecule has 11 heteroatoms. The van der Waals surface area contributed by atoms with E-state index in [0.717, 1.165) is 6.21 Å². The van der Waals surface area contributed by atoms with E-state index >= 15 is 0 Å². The van der Waals surface area contributed by atoms with Crippen molar-refractivity contribution in [2.24, 2.45) is 0 Å². The van der Waals surface area contributed by atoms with Crippen molar-refractivity contribution >= 4 is 52.0 Å². The van der Waals surface area contributed by atoms with Crippen LogP contribution in [0.15, 0.2) is 72.3 Å². The summed E-state index contributed by atoms with van der Waals surface area (Å²) in [5.74, 6) is 0. The Bertz CT molecular complexity index is 1310. The van der Waals surface area contributed by atoms with E-state index in [-0.39, 0.29) is 39.9 Å². The first-order valence-corrected chi connectivity index (χ1v) is 10.1. The number of hydrogen-bond donors (Lipinski definition) is 5. The van der Waals surface area contributed by atoms with Crippen LogP contribution in [0.5, 0.6) is 0 Å². The molecule has 0 aliphatic carbocycles. The Morgan fingerprint density at radius 1 is 1.12 bits per heavy atom. The zero-order valence-corrected chi connectivity index (χ0v) is 18.3. The fraction of sp³-hybridized carbons (Fsp3) is 0.0870. The first kappa shape index (κ1) is 24.6. The molecule has 3 rings (SSSR count). The quantitative estimate of drug-likeness (QED) is 0.183. The molecule has 0 fully saturated rings. The van der Waals surface area contributed by atoms with Crippen molar-refractivity contribution < 1.29 is 13.2 Å². The van der Waals surface area contributed by atoms with E-state index in [1.54, 1.807) is 30.5 Å². The van der Waals surface area contributed by atoms with Gasteiger partial charge in [0.15, 0.2) is 0 Å². The molecule has 0 bridgehead atoms. The molecule has 1 aromatic carbocycles. The van der Waals surface area contributed by atoms with Gasteiger partial charge in [-0.3, -0.25) is 9.97 Å². The molecule has 0 aliphatic heterocycles. The number of nitrogens with one attached hydrogen (secondary N) is 5. The highest BCUT2D eigenvalue weighted by Gasteiger charge is 2.37. The van der Waals surface area contributed by atoms with E-state index in [9.17, 15) is 13.2 Å². The molecule has 2 heterocycles. The molecule has 0 atom stereocenters. The van der Waals surface area contributed by atoms with E-state index in [4.69, 9.17) is 27.8 Å². The van der Waals surface area contributed by atoms with Gasteiger partial charge in [0.05, 0.1) is 28.1 Å². The number of rotatable bonds is 9. The molecule has 0 aliphatic rings. The Kier molecular flexibility index (Phi) is 7.42. The average Bonchev–Trinajstić information content (AvgIpc) is 2.78. The van der Waals surface area contributed by atoms with Gasteiger partial charge in [-0.2, -0.15) is 13.2 Å². The Morgan fingerprint density at radius 3 is 2.53 bits per heavy atom. The number of nitrogens with zero attached hydrogens (tertiary/aromatic N) is 2. The molecule has 0 radical (unpaired) electrons. The number of benzene rings is 1. The van der Waals surface area contributed by atoms with Gasteiger partial charge in [-0.15, -0.1) is 0 Å². The molecule has 2 aromatic heterocycles. The van der Waals surface area contributed by atoms with Crippen LogP contribution in [-0.4, -0.2) is 34.3 Å². The lowest BCUT2D eigenvalue weighted by Crippen LogP contribution is -2.24. The van der Waals surface area contributed by atoms with E-state index in [1.807, 2.05) is 0 Å². The smallest absolute Gasteiger partial charge is 0.354 e. The van der Waals surface area contributed by atoms with Crippen molar-refractivity contribution in [1.29, 1.82) is 16.2 Å². The van der Waals surface area contributed by atoms with Crippen LogP contribution in [0.2, 0.25) is 5.02 Å². The molecule has 0 saturated carbocycles. The first-order valence-electron chi connectivity index (χ1n) is 9.77. The summed E-state index contributed by atoms with van der Waals surface area (Å²) in [6.07, 6.45) is -0.381. The third-order valence-corrected chi connectivity index (χ3v) is 4.94. The summed E-state index contributed by atoms with van der Waals surface area (Å²) in [5.41, 5.74) is -0.833. The molecular formula is C23H19ClF3N7. The maximum atomic E-state index is 14.0. The Hall–Kier alpha value is -4.05. The van der Waals surface area contributed by atoms with Crippen molar-refractivity contribution in [2.45, 2.75) is 12.6 Å². The lowest BCUT2D eigenvalue weighted by atomic mass is 10.1. The standard InChI is InChI=1S/C23H19ClF3N7/c1-13(33-14-10-17(24)21(32-12-14)18(30)7-8-28)16(11-29)22(23(25,26)27)34-20-6-2-5-19-15(20)4-3-9-31-19/h2-6,8-12,28-30,33-34H,1,7H2/b22-16+,28-8?,29-11?,30-18?. The Labute approximate surface area is 197 Å². The zero-order valence-electron chi connectivity index (χ0n) is 17.6. The molecule has 0 amide bonds. The van der Waals surface area contributed by atoms with Gasteiger partial charge < -0.3 is 26.9 Å². The third-order valence-electron chi connectivity index (χ3n) is 4.66. The van der Waals surface area contributed by atoms with Crippen LogP contribution in [0.3, 0.4) is 0 Å². The SMILES string of the molecule is C=C(Nc1cnc(C(=N)CC=N)c(Cl)c1)/C(C=N)=C(/Nc1cccc2ncccc12)C(F)(F)F. The predicted molar refractivity (Wildman–Crippen MR) is 129 cm³/mol. The van der Waals surface area contributed by atoms with Crippen LogP contribution in [0.4, 0.5) is 24.5 Å². The van der Waals surface area contributed by atoms with Gasteiger partial charge in [-0.25, -0.2) is 0 Å². The monoisotopic (exact) mass is 485 g/mol. The molecule has 5 N–H and O–H groups in total. The predicted octanol–water partition coefficient (Wildman–Crippen LogP) is 6.19. The number of anilines is 2. The highest BCUT2D eigenvalue weighted by molar-refractivity contribution is 6.34. The van der Waals surface area contributed by atoms with Gasteiger partial charge >= 0.3 is 6.18 Å². The van der Waals surface area contributed by atoms with Crippen LogP contribution >= 0.6 is 11.6 Å². The van der Waals surface area contributed by atoms with E-state index < -0.39 is 17.4 Å². The minimum atomic E-state index is -4.83. The second-order valence-electron chi connectivity index (χ2n) is 6.98. The fourth-order valence-corrected chi connectivity index (χ4v) is 3.40. The van der Waals surface area contributed by atoms with Crippen molar-refractivity contribution in [3.8, 4) is 0 Å².